The fourth-order valence-electron chi connectivity index (χ4n) is 3.74. The van der Waals surface area contributed by atoms with E-state index in [2.05, 4.69) is 5.32 Å². The van der Waals surface area contributed by atoms with Crippen molar-refractivity contribution >= 4 is 5.97 Å². The van der Waals surface area contributed by atoms with Gasteiger partial charge >= 0.3 is 5.97 Å². The summed E-state index contributed by atoms with van der Waals surface area (Å²) >= 11 is 0. The van der Waals surface area contributed by atoms with Crippen molar-refractivity contribution in [1.82, 2.24) is 5.32 Å². The third-order valence-electron chi connectivity index (χ3n) is 5.27. The molecule has 1 aliphatic heterocycles. The Morgan fingerprint density at radius 2 is 2.00 bits per heavy atom. The summed E-state index contributed by atoms with van der Waals surface area (Å²) in [5.74, 6) is -4.08. The van der Waals surface area contributed by atoms with E-state index in [4.69, 9.17) is 4.74 Å². The number of fused-ring (bicyclic) bond motifs is 1. The van der Waals surface area contributed by atoms with Gasteiger partial charge in [0.2, 0.25) is 0 Å². The maximum absolute atomic E-state index is 14.1. The summed E-state index contributed by atoms with van der Waals surface area (Å²) < 4.78 is 33.5. The highest BCUT2D eigenvalue weighted by Gasteiger charge is 2.65. The van der Waals surface area contributed by atoms with Crippen LogP contribution in [0.2, 0.25) is 0 Å². The lowest BCUT2D eigenvalue weighted by Gasteiger charge is -2.46. The van der Waals surface area contributed by atoms with Crippen LogP contribution in [0.15, 0.2) is 0 Å². The number of rotatable bonds is 2. The second kappa shape index (κ2) is 4.14. The Kier molecular flexibility index (Phi) is 2.89. The van der Waals surface area contributed by atoms with Gasteiger partial charge in [-0.3, -0.25) is 10.1 Å². The predicted octanol–water partition coefficient (Wildman–Crippen LogP) is 2.49. The molecule has 3 aliphatic rings. The lowest BCUT2D eigenvalue weighted by atomic mass is 9.66. The molecule has 2 aliphatic carbocycles. The van der Waals surface area contributed by atoms with Crippen LogP contribution in [0.1, 0.15) is 46.0 Å². The summed E-state index contributed by atoms with van der Waals surface area (Å²) in [4.78, 5) is 12.2. The summed E-state index contributed by atoms with van der Waals surface area (Å²) in [5, 5.41) is 3.23. The number of cyclic esters (lactones) is 1. The van der Waals surface area contributed by atoms with Gasteiger partial charge in [-0.25, -0.2) is 8.78 Å². The molecule has 3 nitrogen and oxygen atoms in total. The number of ether oxygens (including phenoxy) is 1. The first-order valence-corrected chi connectivity index (χ1v) is 7.22. The number of nitrogens with one attached hydrogen (secondary N) is 1. The molecule has 108 valence electrons. The maximum Gasteiger partial charge on any atom is 0.327 e. The fraction of sp³-hybridized carbons (Fsp3) is 0.929. The zero-order chi connectivity index (χ0) is 13.8. The van der Waals surface area contributed by atoms with Crippen molar-refractivity contribution in [2.75, 3.05) is 0 Å². The predicted molar refractivity (Wildman–Crippen MR) is 65.9 cm³/mol. The minimum absolute atomic E-state index is 0.129. The smallest absolute Gasteiger partial charge is 0.327 e. The number of hydrogen-bond acceptors (Lipinski definition) is 3. The standard InChI is InChI=1S/C14H21F2NO2/c1-8-6-11-9(2)19-12(18)13(11,7-14(8,15)16)17-10-4-3-5-10/h8-11,17H,3-7H2,1-2H3. The molecule has 19 heavy (non-hydrogen) atoms. The van der Waals surface area contributed by atoms with E-state index in [0.717, 1.165) is 19.3 Å². The van der Waals surface area contributed by atoms with Crippen LogP contribution in [-0.4, -0.2) is 29.6 Å². The Balaban J connectivity index is 1.91. The van der Waals surface area contributed by atoms with E-state index in [-0.39, 0.29) is 18.1 Å². The van der Waals surface area contributed by atoms with Gasteiger partial charge in [0, 0.05) is 24.3 Å². The van der Waals surface area contributed by atoms with Crippen LogP contribution in [0.3, 0.4) is 0 Å². The molecule has 1 N–H and O–H groups in total. The lowest BCUT2D eigenvalue weighted by molar-refractivity contribution is -0.156. The van der Waals surface area contributed by atoms with Crippen LogP contribution in [0.25, 0.3) is 0 Å². The first kappa shape index (κ1) is 13.3. The normalized spacial score (nSPS) is 45.5. The lowest BCUT2D eigenvalue weighted by Crippen LogP contribution is -2.65. The monoisotopic (exact) mass is 273 g/mol. The Labute approximate surface area is 112 Å². The molecule has 0 aromatic heterocycles. The van der Waals surface area contributed by atoms with Gasteiger partial charge in [-0.1, -0.05) is 13.3 Å². The average Bonchev–Trinajstić information content (AvgIpc) is 2.47. The Morgan fingerprint density at radius 1 is 1.32 bits per heavy atom. The van der Waals surface area contributed by atoms with Crippen LogP contribution in [0.4, 0.5) is 8.78 Å². The highest BCUT2D eigenvalue weighted by Crippen LogP contribution is 2.52. The maximum atomic E-state index is 14.1. The van der Waals surface area contributed by atoms with Crippen molar-refractivity contribution < 1.29 is 18.3 Å². The zero-order valence-electron chi connectivity index (χ0n) is 11.4. The molecule has 4 atom stereocenters. The molecule has 3 rings (SSSR count). The number of carbonyl (C=O) groups excluding carboxylic acids is 1. The number of esters is 1. The summed E-state index contributed by atoms with van der Waals surface area (Å²) in [6.45, 7) is 3.39. The zero-order valence-corrected chi connectivity index (χ0v) is 11.4. The van der Waals surface area contributed by atoms with Crippen LogP contribution < -0.4 is 5.32 Å². The Hall–Kier alpha value is -0.710. The minimum Gasteiger partial charge on any atom is -0.461 e. The van der Waals surface area contributed by atoms with Crippen LogP contribution in [0.5, 0.6) is 0 Å². The Morgan fingerprint density at radius 3 is 2.58 bits per heavy atom. The molecule has 5 heteroatoms. The average molecular weight is 273 g/mol. The van der Waals surface area contributed by atoms with Crippen LogP contribution in [0, 0.1) is 11.8 Å². The molecular weight excluding hydrogens is 252 g/mol. The third-order valence-corrected chi connectivity index (χ3v) is 5.27. The van der Waals surface area contributed by atoms with Gasteiger partial charge in [-0.2, -0.15) is 0 Å². The largest absolute Gasteiger partial charge is 0.461 e. The molecular formula is C14H21F2NO2. The van der Waals surface area contributed by atoms with E-state index in [1.165, 1.54) is 0 Å². The van der Waals surface area contributed by atoms with E-state index in [9.17, 15) is 13.6 Å². The van der Waals surface area contributed by atoms with Gasteiger partial charge in [-0.05, 0) is 26.2 Å². The minimum atomic E-state index is -2.80. The molecule has 4 unspecified atom stereocenters. The number of alkyl halides is 2. The molecule has 2 saturated carbocycles. The van der Waals surface area contributed by atoms with Gasteiger partial charge in [0.1, 0.15) is 11.6 Å². The van der Waals surface area contributed by atoms with E-state index < -0.39 is 29.8 Å². The molecule has 0 spiro atoms. The molecule has 0 aromatic rings. The van der Waals surface area contributed by atoms with Crippen molar-refractivity contribution in [2.24, 2.45) is 11.8 Å². The van der Waals surface area contributed by atoms with E-state index in [1.54, 1.807) is 6.92 Å². The molecule has 0 aromatic carbocycles. The molecule has 0 bridgehead atoms. The SMILES string of the molecule is CC1OC(=O)C2(NC3CCC3)CC(F)(F)C(C)CC12. The van der Waals surface area contributed by atoms with Gasteiger partial charge in [-0.15, -0.1) is 0 Å². The van der Waals surface area contributed by atoms with Crippen LogP contribution >= 0.6 is 0 Å². The molecule has 1 saturated heterocycles. The first-order valence-electron chi connectivity index (χ1n) is 7.22. The number of halogens is 2. The molecule has 3 fully saturated rings. The van der Waals surface area contributed by atoms with E-state index >= 15 is 0 Å². The van der Waals surface area contributed by atoms with Crippen molar-refractivity contribution in [3.05, 3.63) is 0 Å². The van der Waals surface area contributed by atoms with Crippen molar-refractivity contribution in [3.8, 4) is 0 Å². The van der Waals surface area contributed by atoms with Gasteiger partial charge in [0.05, 0.1) is 0 Å². The van der Waals surface area contributed by atoms with E-state index in [1.807, 2.05) is 6.92 Å². The second-order valence-electron chi connectivity index (χ2n) is 6.53. The topological polar surface area (TPSA) is 38.3 Å². The number of hydrogen-bond donors (Lipinski definition) is 1. The summed E-state index contributed by atoms with van der Waals surface area (Å²) in [6.07, 6.45) is 2.72. The fourth-order valence-corrected chi connectivity index (χ4v) is 3.74. The summed E-state index contributed by atoms with van der Waals surface area (Å²) in [5.41, 5.74) is -1.15. The van der Waals surface area contributed by atoms with Crippen molar-refractivity contribution in [1.29, 1.82) is 0 Å². The van der Waals surface area contributed by atoms with Crippen molar-refractivity contribution in [2.45, 2.75) is 69.6 Å². The quantitative estimate of drug-likeness (QED) is 0.786. The highest BCUT2D eigenvalue weighted by molar-refractivity contribution is 5.84. The summed E-state index contributed by atoms with van der Waals surface area (Å²) in [7, 11) is 0. The summed E-state index contributed by atoms with van der Waals surface area (Å²) in [6, 6.07) is 0.199. The van der Waals surface area contributed by atoms with Gasteiger partial charge in [0.25, 0.3) is 5.92 Å². The van der Waals surface area contributed by atoms with Crippen LogP contribution in [-0.2, 0) is 9.53 Å². The van der Waals surface area contributed by atoms with Gasteiger partial charge < -0.3 is 4.74 Å². The van der Waals surface area contributed by atoms with E-state index in [0.29, 0.717) is 6.42 Å². The highest BCUT2D eigenvalue weighted by atomic mass is 19.3. The van der Waals surface area contributed by atoms with Gasteiger partial charge in [0.15, 0.2) is 0 Å². The molecule has 1 heterocycles. The molecule has 0 amide bonds. The number of carbonyl (C=O) groups is 1. The first-order chi connectivity index (χ1) is 8.85. The Bertz CT molecular complexity index is 397. The second-order valence-corrected chi connectivity index (χ2v) is 6.53. The third kappa shape index (κ3) is 1.89. The molecule has 0 radical (unpaired) electrons. The van der Waals surface area contributed by atoms with Crippen molar-refractivity contribution in [3.63, 3.8) is 0 Å².